The highest BCUT2D eigenvalue weighted by molar-refractivity contribution is 6.10. The molecule has 0 radical (unpaired) electrons. The monoisotopic (exact) mass is 344 g/mol. The Morgan fingerprint density at radius 3 is 2.60 bits per heavy atom. The summed E-state index contributed by atoms with van der Waals surface area (Å²) in [5.41, 5.74) is 0.223. The Morgan fingerprint density at radius 2 is 1.96 bits per heavy atom. The first-order valence-corrected chi connectivity index (χ1v) is 9.21. The Labute approximate surface area is 147 Å². The average molecular weight is 344 g/mol. The van der Waals surface area contributed by atoms with Gasteiger partial charge in [0.05, 0.1) is 11.8 Å². The van der Waals surface area contributed by atoms with Crippen molar-refractivity contribution in [3.05, 3.63) is 35.5 Å². The largest absolute Gasteiger partial charge is 0.503 e. The quantitative estimate of drug-likeness (QED) is 0.858. The second-order valence-corrected chi connectivity index (χ2v) is 7.22. The summed E-state index contributed by atoms with van der Waals surface area (Å²) in [5, 5.41) is 10.4. The fraction of sp³-hybridized carbons (Fsp3) is 0.579. The van der Waals surface area contributed by atoms with E-state index in [4.69, 9.17) is 4.42 Å². The standard InChI is InChI=1S/C19H24N2O4/c22-17(13-6-7-13)15-16(14-5-4-12-25-14)21(19(24)18(15)23)11-10-20-8-2-1-3-9-20/h4-5,12-13,16,23H,1-3,6-11H2. The third-order valence-corrected chi connectivity index (χ3v) is 5.44. The van der Waals surface area contributed by atoms with Crippen LogP contribution in [0.2, 0.25) is 0 Å². The SMILES string of the molecule is O=C(C1=C(O)C(=O)N(CCN2CCCCC2)C1c1ccco1)C1CC1. The number of piperidine rings is 1. The van der Waals surface area contributed by atoms with Crippen molar-refractivity contribution in [3.8, 4) is 0 Å². The van der Waals surface area contributed by atoms with Crippen molar-refractivity contribution in [2.75, 3.05) is 26.2 Å². The van der Waals surface area contributed by atoms with Crippen molar-refractivity contribution in [1.29, 1.82) is 0 Å². The Morgan fingerprint density at radius 1 is 1.20 bits per heavy atom. The molecule has 25 heavy (non-hydrogen) atoms. The Balaban J connectivity index is 1.57. The van der Waals surface area contributed by atoms with E-state index in [1.165, 1.54) is 25.5 Å². The van der Waals surface area contributed by atoms with Gasteiger partial charge in [0.1, 0.15) is 11.8 Å². The molecule has 2 fully saturated rings. The highest BCUT2D eigenvalue weighted by Gasteiger charge is 2.48. The molecule has 4 rings (SSSR count). The molecule has 1 amide bonds. The fourth-order valence-electron chi connectivity index (χ4n) is 3.88. The van der Waals surface area contributed by atoms with E-state index in [1.54, 1.807) is 17.0 Å². The number of ketones is 1. The van der Waals surface area contributed by atoms with Crippen LogP contribution in [-0.2, 0) is 9.59 Å². The third kappa shape index (κ3) is 3.11. The third-order valence-electron chi connectivity index (χ3n) is 5.44. The van der Waals surface area contributed by atoms with E-state index >= 15 is 0 Å². The van der Waals surface area contributed by atoms with Gasteiger partial charge in [0, 0.05) is 19.0 Å². The smallest absolute Gasteiger partial charge is 0.290 e. The number of likely N-dealkylation sites (tertiary alicyclic amines) is 1. The molecule has 1 aromatic heterocycles. The number of nitrogens with zero attached hydrogens (tertiary/aromatic N) is 2. The minimum atomic E-state index is -0.597. The minimum Gasteiger partial charge on any atom is -0.503 e. The lowest BCUT2D eigenvalue weighted by atomic mass is 9.98. The lowest BCUT2D eigenvalue weighted by molar-refractivity contribution is -0.129. The van der Waals surface area contributed by atoms with Crippen LogP contribution < -0.4 is 0 Å². The lowest BCUT2D eigenvalue weighted by Crippen LogP contribution is -2.40. The predicted molar refractivity (Wildman–Crippen MR) is 90.8 cm³/mol. The van der Waals surface area contributed by atoms with Gasteiger partial charge in [-0.05, 0) is 50.9 Å². The van der Waals surface area contributed by atoms with Crippen LogP contribution in [0.25, 0.3) is 0 Å². The number of Topliss-reactive ketones (excluding diaryl/α,β-unsaturated/α-hetero) is 1. The molecule has 6 nitrogen and oxygen atoms in total. The number of amides is 1. The average Bonchev–Trinajstić information content (AvgIpc) is 3.29. The Bertz CT molecular complexity index is 684. The number of hydrogen-bond donors (Lipinski definition) is 1. The maximum absolute atomic E-state index is 12.7. The van der Waals surface area contributed by atoms with Gasteiger partial charge in [0.2, 0.25) is 0 Å². The van der Waals surface area contributed by atoms with E-state index in [9.17, 15) is 14.7 Å². The number of aliphatic hydroxyl groups excluding tert-OH is 1. The van der Waals surface area contributed by atoms with E-state index in [2.05, 4.69) is 4.90 Å². The molecule has 1 aliphatic carbocycles. The maximum atomic E-state index is 12.7. The van der Waals surface area contributed by atoms with Gasteiger partial charge in [0.15, 0.2) is 11.5 Å². The van der Waals surface area contributed by atoms with Crippen molar-refractivity contribution >= 4 is 11.7 Å². The van der Waals surface area contributed by atoms with Crippen LogP contribution in [0.1, 0.15) is 43.9 Å². The first-order chi connectivity index (χ1) is 12.2. The second-order valence-electron chi connectivity index (χ2n) is 7.22. The molecule has 1 N–H and O–H groups in total. The Kier molecular flexibility index (Phi) is 4.37. The first-order valence-electron chi connectivity index (χ1n) is 9.21. The maximum Gasteiger partial charge on any atom is 0.290 e. The number of rotatable bonds is 6. The second kappa shape index (κ2) is 6.67. The van der Waals surface area contributed by atoms with Crippen LogP contribution in [0.4, 0.5) is 0 Å². The van der Waals surface area contributed by atoms with Gasteiger partial charge in [-0.3, -0.25) is 9.59 Å². The minimum absolute atomic E-state index is 0.0514. The van der Waals surface area contributed by atoms with Crippen molar-refractivity contribution in [2.24, 2.45) is 5.92 Å². The molecule has 1 atom stereocenters. The molecule has 1 aromatic rings. The number of hydrogen-bond acceptors (Lipinski definition) is 5. The van der Waals surface area contributed by atoms with Crippen molar-refractivity contribution in [1.82, 2.24) is 9.80 Å². The summed E-state index contributed by atoms with van der Waals surface area (Å²) in [7, 11) is 0. The summed E-state index contributed by atoms with van der Waals surface area (Å²) >= 11 is 0. The molecule has 1 saturated heterocycles. The topological polar surface area (TPSA) is 74.0 Å². The van der Waals surface area contributed by atoms with Crippen molar-refractivity contribution in [2.45, 2.75) is 38.1 Å². The molecule has 0 aromatic carbocycles. The molecule has 6 heteroatoms. The summed E-state index contributed by atoms with van der Waals surface area (Å²) in [4.78, 5) is 29.3. The van der Waals surface area contributed by atoms with Gasteiger partial charge in [0.25, 0.3) is 5.91 Å². The van der Waals surface area contributed by atoms with Gasteiger partial charge < -0.3 is 19.3 Å². The molecular weight excluding hydrogens is 320 g/mol. The molecule has 3 aliphatic rings. The summed E-state index contributed by atoms with van der Waals surface area (Å²) in [6.07, 6.45) is 6.84. The van der Waals surface area contributed by atoms with Crippen LogP contribution >= 0.6 is 0 Å². The van der Waals surface area contributed by atoms with Gasteiger partial charge in [-0.15, -0.1) is 0 Å². The molecule has 0 bridgehead atoms. The molecular formula is C19H24N2O4. The van der Waals surface area contributed by atoms with Crippen LogP contribution in [0.15, 0.2) is 34.1 Å². The Hall–Kier alpha value is -2.08. The van der Waals surface area contributed by atoms with Crippen LogP contribution in [0.5, 0.6) is 0 Å². The number of furan rings is 1. The summed E-state index contributed by atoms with van der Waals surface area (Å²) < 4.78 is 5.51. The van der Waals surface area contributed by atoms with Gasteiger partial charge in [-0.25, -0.2) is 0 Å². The van der Waals surface area contributed by atoms with E-state index in [0.717, 1.165) is 32.5 Å². The molecule has 0 spiro atoms. The van der Waals surface area contributed by atoms with Crippen LogP contribution in [-0.4, -0.2) is 52.8 Å². The van der Waals surface area contributed by atoms with E-state index < -0.39 is 17.7 Å². The van der Waals surface area contributed by atoms with Gasteiger partial charge in [-0.2, -0.15) is 0 Å². The molecule has 2 aliphatic heterocycles. The summed E-state index contributed by atoms with van der Waals surface area (Å²) in [6, 6.07) is 2.92. The zero-order valence-corrected chi connectivity index (χ0v) is 14.3. The molecule has 3 heterocycles. The summed E-state index contributed by atoms with van der Waals surface area (Å²) in [5.74, 6) is -0.462. The number of carbonyl (C=O) groups is 2. The highest BCUT2D eigenvalue weighted by Crippen LogP contribution is 2.43. The number of aliphatic hydroxyl groups is 1. The molecule has 1 unspecified atom stereocenters. The van der Waals surface area contributed by atoms with E-state index in [1.807, 2.05) is 0 Å². The summed E-state index contributed by atoms with van der Waals surface area (Å²) in [6.45, 7) is 3.32. The van der Waals surface area contributed by atoms with Gasteiger partial charge >= 0.3 is 0 Å². The van der Waals surface area contributed by atoms with Crippen molar-refractivity contribution in [3.63, 3.8) is 0 Å². The highest BCUT2D eigenvalue weighted by atomic mass is 16.3. The first kappa shape index (κ1) is 16.4. The normalized spacial score (nSPS) is 25.0. The molecule has 134 valence electrons. The zero-order valence-electron chi connectivity index (χ0n) is 14.3. The van der Waals surface area contributed by atoms with Gasteiger partial charge in [-0.1, -0.05) is 6.42 Å². The van der Waals surface area contributed by atoms with Crippen molar-refractivity contribution < 1.29 is 19.1 Å². The number of carbonyl (C=O) groups excluding carboxylic acids is 2. The van der Waals surface area contributed by atoms with E-state index in [-0.39, 0.29) is 17.3 Å². The lowest BCUT2D eigenvalue weighted by Gasteiger charge is -2.30. The molecule has 1 saturated carbocycles. The van der Waals surface area contributed by atoms with Crippen LogP contribution in [0, 0.1) is 5.92 Å². The zero-order chi connectivity index (χ0) is 17.4. The predicted octanol–water partition coefficient (Wildman–Crippen LogP) is 2.44. The van der Waals surface area contributed by atoms with E-state index in [0.29, 0.717) is 12.3 Å². The van der Waals surface area contributed by atoms with Crippen LogP contribution in [0.3, 0.4) is 0 Å². The fourth-order valence-corrected chi connectivity index (χ4v) is 3.88.